The van der Waals surface area contributed by atoms with Gasteiger partial charge in [0.15, 0.2) is 0 Å². The largest absolute Gasteiger partial charge is 0.473 e. The van der Waals surface area contributed by atoms with E-state index >= 15 is 0 Å². The molecular formula is C50H39IrN3OSi-2. The van der Waals surface area contributed by atoms with Crippen LogP contribution in [0, 0.1) is 12.1 Å². The van der Waals surface area contributed by atoms with E-state index in [-0.39, 0.29) is 25.6 Å². The van der Waals surface area contributed by atoms with Gasteiger partial charge in [0.25, 0.3) is 0 Å². The minimum Gasteiger partial charge on any atom is -0.473 e. The van der Waals surface area contributed by atoms with Crippen molar-refractivity contribution in [1.82, 2.24) is 9.97 Å². The fourth-order valence-corrected chi connectivity index (χ4v) is 13.6. The van der Waals surface area contributed by atoms with E-state index in [1.165, 1.54) is 31.9 Å². The number of anilines is 2. The zero-order chi connectivity index (χ0) is 37.4. The van der Waals surface area contributed by atoms with Crippen LogP contribution in [-0.2, 0) is 20.1 Å². The monoisotopic (exact) mass is 918 g/mol. The Labute approximate surface area is 343 Å². The zero-order valence-electron chi connectivity index (χ0n) is 31.4. The van der Waals surface area contributed by atoms with E-state index in [4.69, 9.17) is 9.72 Å². The maximum Gasteiger partial charge on any atom is 0.148 e. The number of nitrogens with zero attached hydrogens (tertiary/aromatic N) is 3. The molecule has 0 amide bonds. The Morgan fingerprint density at radius 2 is 1.09 bits per heavy atom. The second-order valence-electron chi connectivity index (χ2n) is 14.7. The molecule has 0 saturated heterocycles. The van der Waals surface area contributed by atoms with Gasteiger partial charge in [-0.2, -0.15) is 0 Å². The molecule has 10 rings (SSSR count). The van der Waals surface area contributed by atoms with Crippen LogP contribution in [-0.4, -0.2) is 23.6 Å². The molecule has 6 aromatic carbocycles. The van der Waals surface area contributed by atoms with Crippen LogP contribution in [0.15, 0.2) is 182 Å². The minimum atomic E-state index is -2.52. The van der Waals surface area contributed by atoms with Crippen molar-refractivity contribution in [2.45, 2.75) is 26.3 Å². The molecule has 0 bridgehead atoms. The molecule has 6 heteroatoms. The Morgan fingerprint density at radius 1 is 0.536 bits per heavy atom. The SMILES string of the molecule is CC(C)(C)N1c2ccccc2Oc2cc[c-]c(-c3ccccn3)c21.[Ir].[c-]1ccc2c(c1-c1ccccn1)[Si](c1ccccc1)(c1ccccc1)c1ccccc1-2. The van der Waals surface area contributed by atoms with E-state index in [1.807, 2.05) is 67.0 Å². The molecule has 0 unspecified atom stereocenters. The van der Waals surface area contributed by atoms with E-state index in [0.29, 0.717) is 0 Å². The number of aromatic nitrogens is 2. The molecule has 275 valence electrons. The van der Waals surface area contributed by atoms with Crippen molar-refractivity contribution in [3.63, 3.8) is 0 Å². The van der Waals surface area contributed by atoms with Crippen molar-refractivity contribution in [2.24, 2.45) is 0 Å². The second kappa shape index (κ2) is 15.3. The molecule has 0 N–H and O–H groups in total. The van der Waals surface area contributed by atoms with E-state index in [0.717, 1.165) is 45.4 Å². The molecule has 0 fully saturated rings. The zero-order valence-corrected chi connectivity index (χ0v) is 34.8. The summed E-state index contributed by atoms with van der Waals surface area (Å²) in [6.07, 6.45) is 3.68. The fourth-order valence-electron chi connectivity index (χ4n) is 8.29. The van der Waals surface area contributed by atoms with Crippen LogP contribution in [0.2, 0.25) is 0 Å². The summed E-state index contributed by atoms with van der Waals surface area (Å²) in [7, 11) is -2.52. The van der Waals surface area contributed by atoms with Crippen LogP contribution in [0.25, 0.3) is 33.6 Å². The van der Waals surface area contributed by atoms with E-state index in [2.05, 4.69) is 158 Å². The van der Waals surface area contributed by atoms with Gasteiger partial charge in [-0.15, -0.1) is 41.1 Å². The first-order chi connectivity index (χ1) is 27.0. The quantitative estimate of drug-likeness (QED) is 0.130. The molecule has 1 radical (unpaired) electrons. The van der Waals surface area contributed by atoms with Crippen LogP contribution in [0.5, 0.6) is 11.5 Å². The molecular weight excluding hydrogens is 879 g/mol. The molecule has 0 saturated carbocycles. The number of hydrogen-bond donors (Lipinski definition) is 0. The van der Waals surface area contributed by atoms with Gasteiger partial charge in [-0.3, -0.25) is 0 Å². The molecule has 4 nitrogen and oxygen atoms in total. The second-order valence-corrected chi connectivity index (χ2v) is 18.4. The summed E-state index contributed by atoms with van der Waals surface area (Å²) in [6, 6.07) is 66.4. The maximum atomic E-state index is 6.18. The molecule has 2 aromatic heterocycles. The Bertz CT molecular complexity index is 2570. The van der Waals surface area contributed by atoms with Gasteiger partial charge in [0, 0.05) is 43.7 Å². The normalized spacial score (nSPS) is 13.0. The van der Waals surface area contributed by atoms with Gasteiger partial charge in [0.1, 0.15) is 13.8 Å². The third kappa shape index (κ3) is 6.30. The Hall–Kier alpha value is -5.91. The van der Waals surface area contributed by atoms with Gasteiger partial charge in [-0.05, 0) is 67.2 Å². The van der Waals surface area contributed by atoms with Gasteiger partial charge in [0.05, 0.1) is 11.4 Å². The summed E-state index contributed by atoms with van der Waals surface area (Å²) in [6.45, 7) is 6.61. The van der Waals surface area contributed by atoms with Gasteiger partial charge < -0.3 is 19.6 Å². The third-order valence-corrected chi connectivity index (χ3v) is 15.3. The number of para-hydroxylation sites is 2. The summed E-state index contributed by atoms with van der Waals surface area (Å²) < 4.78 is 6.18. The maximum absolute atomic E-state index is 6.18. The van der Waals surface area contributed by atoms with Crippen LogP contribution in [0.1, 0.15) is 20.8 Å². The van der Waals surface area contributed by atoms with Crippen LogP contribution in [0.4, 0.5) is 11.4 Å². The number of ether oxygens (including phenoxy) is 1. The summed E-state index contributed by atoms with van der Waals surface area (Å²) in [4.78, 5) is 11.6. The summed E-state index contributed by atoms with van der Waals surface area (Å²) in [5.41, 5.74) is 8.57. The minimum absolute atomic E-state index is 0. The van der Waals surface area contributed by atoms with E-state index in [1.54, 1.807) is 0 Å². The summed E-state index contributed by atoms with van der Waals surface area (Å²) >= 11 is 0. The Kier molecular flexibility index (Phi) is 10.1. The van der Waals surface area contributed by atoms with Crippen LogP contribution < -0.4 is 30.4 Å². The smallest absolute Gasteiger partial charge is 0.148 e. The molecule has 4 heterocycles. The number of fused-ring (bicyclic) bond motifs is 5. The Balaban J connectivity index is 0.000000160. The average Bonchev–Trinajstić information content (AvgIpc) is 3.55. The molecule has 8 aromatic rings. The van der Waals surface area contributed by atoms with Crippen LogP contribution >= 0.6 is 0 Å². The standard InChI is InChI=1S/C29H20NSi.C21H19N2O.Ir/c1-3-12-22(13-4-1)31(23-14-5-2-6-15-23)28-20-8-7-16-24(28)25-17-11-18-26(29(25)31)27-19-9-10-21-30-27;1-21(2,3)23-17-11-4-5-12-18(17)24-19-13-8-9-15(20(19)23)16-10-6-7-14-22-16;/h1-17,19-21H;4-8,10-14H,1-3H3;/q2*-1;. The number of rotatable bonds is 4. The van der Waals surface area contributed by atoms with Gasteiger partial charge in [-0.1, -0.05) is 149 Å². The van der Waals surface area contributed by atoms with Crippen molar-refractivity contribution in [2.75, 3.05) is 4.90 Å². The van der Waals surface area contributed by atoms with Crippen molar-refractivity contribution in [3.05, 3.63) is 194 Å². The molecule has 0 spiro atoms. The topological polar surface area (TPSA) is 38.2 Å². The van der Waals surface area contributed by atoms with Crippen molar-refractivity contribution < 1.29 is 24.8 Å². The number of hydrogen-bond acceptors (Lipinski definition) is 4. The first kappa shape index (κ1) is 37.0. The van der Waals surface area contributed by atoms with E-state index < -0.39 is 8.07 Å². The van der Waals surface area contributed by atoms with Gasteiger partial charge >= 0.3 is 0 Å². The molecule has 0 aliphatic carbocycles. The number of benzene rings is 6. The molecule has 56 heavy (non-hydrogen) atoms. The Morgan fingerprint density at radius 3 is 1.73 bits per heavy atom. The average molecular weight is 918 g/mol. The van der Waals surface area contributed by atoms with Crippen molar-refractivity contribution in [1.29, 1.82) is 0 Å². The molecule has 2 aliphatic heterocycles. The van der Waals surface area contributed by atoms with E-state index in [9.17, 15) is 0 Å². The third-order valence-electron chi connectivity index (χ3n) is 10.4. The van der Waals surface area contributed by atoms with Gasteiger partial charge in [-0.25, -0.2) is 0 Å². The first-order valence-electron chi connectivity index (χ1n) is 18.7. The van der Waals surface area contributed by atoms with Crippen molar-refractivity contribution in [3.8, 4) is 45.1 Å². The van der Waals surface area contributed by atoms with Gasteiger partial charge in [0.2, 0.25) is 0 Å². The molecule has 2 aliphatic rings. The fraction of sp³-hybridized carbons (Fsp3) is 0.0800. The predicted octanol–water partition coefficient (Wildman–Crippen LogP) is 9.50. The number of pyridine rings is 2. The van der Waals surface area contributed by atoms with Crippen LogP contribution in [0.3, 0.4) is 0 Å². The summed E-state index contributed by atoms with van der Waals surface area (Å²) in [5, 5.41) is 5.62. The molecule has 0 atom stereocenters. The summed E-state index contributed by atoms with van der Waals surface area (Å²) in [5.74, 6) is 1.71. The first-order valence-corrected chi connectivity index (χ1v) is 20.7. The van der Waals surface area contributed by atoms with Crippen molar-refractivity contribution >= 4 is 40.2 Å². The predicted molar refractivity (Wildman–Crippen MR) is 228 cm³/mol.